The normalized spacial score (nSPS) is 15.8. The number of benzene rings is 1. The fourth-order valence-electron chi connectivity index (χ4n) is 2.77. The van der Waals surface area contributed by atoms with E-state index in [4.69, 9.17) is 0 Å². The highest BCUT2D eigenvalue weighted by Crippen LogP contribution is 2.39. The number of hydrogen-bond acceptors (Lipinski definition) is 4. The first-order chi connectivity index (χ1) is 11.6. The number of aromatic nitrogens is 1. The zero-order valence-corrected chi connectivity index (χ0v) is 13.6. The second-order valence-electron chi connectivity index (χ2n) is 6.26. The van der Waals surface area contributed by atoms with Gasteiger partial charge in [0.1, 0.15) is 5.54 Å². The molecule has 0 unspecified atom stereocenters. The molecule has 1 aromatic carbocycles. The maximum atomic E-state index is 12.2. The third kappa shape index (κ3) is 3.54. The first-order valence-corrected chi connectivity index (χ1v) is 8.09. The molecule has 5 nitrogen and oxygen atoms in total. The Labute approximate surface area is 141 Å². The lowest BCUT2D eigenvalue weighted by Gasteiger charge is -2.23. The summed E-state index contributed by atoms with van der Waals surface area (Å²) >= 11 is 0. The smallest absolute Gasteiger partial charge is 0.240 e. The van der Waals surface area contributed by atoms with Crippen molar-refractivity contribution in [2.45, 2.75) is 25.3 Å². The van der Waals surface area contributed by atoms with Gasteiger partial charge in [-0.25, -0.2) is 0 Å². The van der Waals surface area contributed by atoms with E-state index in [1.807, 2.05) is 42.5 Å². The molecule has 0 radical (unpaired) electrons. The summed E-state index contributed by atoms with van der Waals surface area (Å²) in [4.78, 5) is 16.6. The van der Waals surface area contributed by atoms with Gasteiger partial charge in [-0.2, -0.15) is 5.26 Å². The van der Waals surface area contributed by atoms with Crippen molar-refractivity contribution in [2.75, 3.05) is 11.9 Å². The minimum absolute atomic E-state index is 0.107. The molecule has 1 aliphatic rings. The van der Waals surface area contributed by atoms with Crippen LogP contribution in [0.5, 0.6) is 0 Å². The van der Waals surface area contributed by atoms with Crippen molar-refractivity contribution in [3.05, 3.63) is 48.7 Å². The summed E-state index contributed by atoms with van der Waals surface area (Å²) in [5, 5.41) is 15.3. The van der Waals surface area contributed by atoms with Crippen LogP contribution in [0.4, 0.5) is 5.69 Å². The van der Waals surface area contributed by atoms with Gasteiger partial charge in [-0.15, -0.1) is 0 Å². The van der Waals surface area contributed by atoms with E-state index < -0.39 is 5.54 Å². The minimum Gasteiger partial charge on any atom is -0.374 e. The molecule has 1 saturated carbocycles. The van der Waals surface area contributed by atoms with E-state index in [0.717, 1.165) is 29.8 Å². The molecule has 3 rings (SSSR count). The molecule has 1 aromatic heterocycles. The molecule has 1 amide bonds. The van der Waals surface area contributed by atoms with Crippen molar-refractivity contribution in [1.29, 1.82) is 5.26 Å². The topological polar surface area (TPSA) is 77.8 Å². The standard InChI is InChI=1S/C19H20N4O/c1-19(13-20,15-9-10-15)23-17(24)12-22-16-8-5-11-21-18(16)14-6-3-2-4-7-14/h2-8,11,15,22H,9-10,12H2,1H3,(H,23,24)/t19-/m1/s1. The van der Waals surface area contributed by atoms with E-state index in [9.17, 15) is 10.1 Å². The van der Waals surface area contributed by atoms with Crippen molar-refractivity contribution < 1.29 is 4.79 Å². The zero-order valence-electron chi connectivity index (χ0n) is 13.6. The first-order valence-electron chi connectivity index (χ1n) is 8.09. The van der Waals surface area contributed by atoms with Gasteiger partial charge in [0, 0.05) is 11.8 Å². The summed E-state index contributed by atoms with van der Waals surface area (Å²) in [5.41, 5.74) is 1.82. The number of carbonyl (C=O) groups is 1. The van der Waals surface area contributed by atoms with E-state index in [2.05, 4.69) is 21.7 Å². The van der Waals surface area contributed by atoms with Gasteiger partial charge in [-0.1, -0.05) is 30.3 Å². The second-order valence-corrected chi connectivity index (χ2v) is 6.26. The average Bonchev–Trinajstić information content (AvgIpc) is 3.46. The Morgan fingerprint density at radius 1 is 1.29 bits per heavy atom. The summed E-state index contributed by atoms with van der Waals surface area (Å²) in [5.74, 6) is 0.0820. The van der Waals surface area contributed by atoms with Crippen LogP contribution in [0.25, 0.3) is 11.3 Å². The van der Waals surface area contributed by atoms with E-state index in [1.54, 1.807) is 13.1 Å². The van der Waals surface area contributed by atoms with Gasteiger partial charge in [-0.3, -0.25) is 9.78 Å². The summed E-state index contributed by atoms with van der Waals surface area (Å²) in [6.07, 6.45) is 3.73. The largest absolute Gasteiger partial charge is 0.374 e. The molecule has 0 aliphatic heterocycles. The lowest BCUT2D eigenvalue weighted by atomic mass is 9.98. The number of nitriles is 1. The predicted molar refractivity (Wildman–Crippen MR) is 93.0 cm³/mol. The van der Waals surface area contributed by atoms with E-state index in [-0.39, 0.29) is 18.4 Å². The quantitative estimate of drug-likeness (QED) is 0.858. The summed E-state index contributed by atoms with van der Waals surface area (Å²) in [7, 11) is 0. The van der Waals surface area contributed by atoms with Crippen LogP contribution in [0.15, 0.2) is 48.7 Å². The molecular weight excluding hydrogens is 300 g/mol. The first kappa shape index (κ1) is 16.0. The molecule has 1 heterocycles. The highest BCUT2D eigenvalue weighted by molar-refractivity contribution is 5.84. The molecule has 1 fully saturated rings. The number of carbonyl (C=O) groups excluding carboxylic acids is 1. The van der Waals surface area contributed by atoms with E-state index >= 15 is 0 Å². The van der Waals surface area contributed by atoms with Crippen LogP contribution < -0.4 is 10.6 Å². The van der Waals surface area contributed by atoms with Gasteiger partial charge in [0.25, 0.3) is 0 Å². The number of hydrogen-bond donors (Lipinski definition) is 2. The highest BCUT2D eigenvalue weighted by atomic mass is 16.2. The molecule has 5 heteroatoms. The molecule has 1 aliphatic carbocycles. The minimum atomic E-state index is -0.768. The summed E-state index contributed by atoms with van der Waals surface area (Å²) < 4.78 is 0. The average molecular weight is 320 g/mol. The third-order valence-corrected chi connectivity index (χ3v) is 4.32. The fourth-order valence-corrected chi connectivity index (χ4v) is 2.77. The SMILES string of the molecule is C[C@](C#N)(NC(=O)CNc1cccnc1-c1ccccc1)C1CC1. The summed E-state index contributed by atoms with van der Waals surface area (Å²) in [6.45, 7) is 1.90. The molecule has 2 aromatic rings. The number of nitrogens with one attached hydrogen (secondary N) is 2. The molecule has 0 saturated heterocycles. The van der Waals surface area contributed by atoms with Crippen molar-refractivity contribution in [3.8, 4) is 17.3 Å². The van der Waals surface area contributed by atoms with Crippen LogP contribution in [-0.4, -0.2) is 23.0 Å². The van der Waals surface area contributed by atoms with Crippen LogP contribution in [0.3, 0.4) is 0 Å². The predicted octanol–water partition coefficient (Wildman–Crippen LogP) is 2.97. The van der Waals surface area contributed by atoms with Crippen molar-refractivity contribution in [2.24, 2.45) is 5.92 Å². The van der Waals surface area contributed by atoms with Gasteiger partial charge in [0.15, 0.2) is 0 Å². The Kier molecular flexibility index (Phi) is 4.48. The molecule has 1 atom stereocenters. The van der Waals surface area contributed by atoms with Crippen LogP contribution in [0, 0.1) is 17.2 Å². The Balaban J connectivity index is 1.67. The van der Waals surface area contributed by atoms with Gasteiger partial charge >= 0.3 is 0 Å². The molecule has 122 valence electrons. The van der Waals surface area contributed by atoms with E-state index in [1.165, 1.54) is 0 Å². The van der Waals surface area contributed by atoms with Crippen LogP contribution in [-0.2, 0) is 4.79 Å². The Bertz CT molecular complexity index is 764. The number of anilines is 1. The Morgan fingerprint density at radius 2 is 2.04 bits per heavy atom. The molecule has 0 bridgehead atoms. The van der Waals surface area contributed by atoms with Crippen molar-refractivity contribution >= 4 is 11.6 Å². The number of pyridine rings is 1. The maximum absolute atomic E-state index is 12.2. The van der Waals surface area contributed by atoms with E-state index in [0.29, 0.717) is 0 Å². The number of nitrogens with zero attached hydrogens (tertiary/aromatic N) is 2. The highest BCUT2D eigenvalue weighted by Gasteiger charge is 2.42. The number of amides is 1. The monoisotopic (exact) mass is 320 g/mol. The van der Waals surface area contributed by atoms with Crippen molar-refractivity contribution in [1.82, 2.24) is 10.3 Å². The van der Waals surface area contributed by atoms with Gasteiger partial charge in [0.05, 0.1) is 24.0 Å². The number of rotatable bonds is 6. The second kappa shape index (κ2) is 6.71. The van der Waals surface area contributed by atoms with Crippen LogP contribution in [0.1, 0.15) is 19.8 Å². The third-order valence-electron chi connectivity index (χ3n) is 4.32. The lowest BCUT2D eigenvalue weighted by molar-refractivity contribution is -0.120. The Morgan fingerprint density at radius 3 is 2.71 bits per heavy atom. The van der Waals surface area contributed by atoms with Crippen molar-refractivity contribution in [3.63, 3.8) is 0 Å². The summed E-state index contributed by atoms with van der Waals surface area (Å²) in [6, 6.07) is 15.8. The van der Waals surface area contributed by atoms with Crippen LogP contribution in [0.2, 0.25) is 0 Å². The van der Waals surface area contributed by atoms with Crippen LogP contribution >= 0.6 is 0 Å². The molecule has 0 spiro atoms. The lowest BCUT2D eigenvalue weighted by Crippen LogP contribution is -2.48. The van der Waals surface area contributed by atoms with Gasteiger partial charge in [-0.05, 0) is 37.8 Å². The molecule has 2 N–H and O–H groups in total. The van der Waals surface area contributed by atoms with Gasteiger partial charge < -0.3 is 10.6 Å². The van der Waals surface area contributed by atoms with Gasteiger partial charge in [0.2, 0.25) is 5.91 Å². The Hall–Kier alpha value is -2.87. The molecule has 24 heavy (non-hydrogen) atoms. The fraction of sp³-hybridized carbons (Fsp3) is 0.316. The maximum Gasteiger partial charge on any atom is 0.240 e. The molecular formula is C19H20N4O. The zero-order chi connectivity index (χ0) is 17.0.